The van der Waals surface area contributed by atoms with E-state index in [0.29, 0.717) is 5.78 Å². The molecule has 5 saturated carbocycles. The third-order valence-corrected chi connectivity index (χ3v) is 5.78. The molecule has 0 aromatic rings. The first-order valence-corrected chi connectivity index (χ1v) is 6.33. The minimum atomic E-state index is 0.231. The van der Waals surface area contributed by atoms with Gasteiger partial charge in [-0.15, -0.1) is 0 Å². The summed E-state index contributed by atoms with van der Waals surface area (Å²) in [5.74, 6) is 4.21. The second kappa shape index (κ2) is 2.25. The molecule has 0 N–H and O–H groups in total. The Labute approximate surface area is 85.3 Å². The molecular formula is C13H18O. The Kier molecular flexibility index (Phi) is 1.27. The predicted molar refractivity (Wildman–Crippen MR) is 53.7 cm³/mol. The molecule has 1 nitrogen and oxygen atoms in total. The highest BCUT2D eigenvalue weighted by atomic mass is 16.1. The standard InChI is InChI=1S/C13H18O/c14-11-6-10-5-8-4-9-2-1-3-13(11,7-8)12(9)10/h8-10,12H,1-7H2. The normalized spacial score (nSPS) is 59.3. The first-order valence-electron chi connectivity index (χ1n) is 6.33. The minimum Gasteiger partial charge on any atom is -0.299 e. The number of carbonyl (C=O) groups is 1. The summed E-state index contributed by atoms with van der Waals surface area (Å²) >= 11 is 0. The molecule has 0 aromatic heterocycles. The van der Waals surface area contributed by atoms with E-state index in [-0.39, 0.29) is 5.41 Å². The van der Waals surface area contributed by atoms with E-state index in [1.807, 2.05) is 0 Å². The SMILES string of the molecule is O=C1CC2CC3CC4CCCC1(C3)C42. The van der Waals surface area contributed by atoms with Crippen molar-refractivity contribution in [3.8, 4) is 0 Å². The molecule has 5 bridgehead atoms. The number of rotatable bonds is 0. The van der Waals surface area contributed by atoms with Gasteiger partial charge in [0.2, 0.25) is 0 Å². The molecule has 0 saturated heterocycles. The zero-order chi connectivity index (χ0) is 9.34. The Balaban J connectivity index is 1.88. The fraction of sp³-hybridized carbons (Fsp3) is 0.923. The van der Waals surface area contributed by atoms with Crippen molar-refractivity contribution < 1.29 is 4.79 Å². The average molecular weight is 190 g/mol. The molecule has 5 rings (SSSR count). The Morgan fingerprint density at radius 2 is 2.07 bits per heavy atom. The molecule has 1 heteroatoms. The molecule has 5 atom stereocenters. The fourth-order valence-electron chi connectivity index (χ4n) is 5.69. The molecule has 5 fully saturated rings. The van der Waals surface area contributed by atoms with Crippen molar-refractivity contribution in [1.29, 1.82) is 0 Å². The van der Waals surface area contributed by atoms with Gasteiger partial charge in [-0.05, 0) is 49.4 Å². The van der Waals surface area contributed by atoms with Crippen molar-refractivity contribution in [1.82, 2.24) is 0 Å². The lowest BCUT2D eigenvalue weighted by atomic mass is 9.47. The maximum absolute atomic E-state index is 12.2. The van der Waals surface area contributed by atoms with Crippen molar-refractivity contribution in [2.45, 2.75) is 44.9 Å². The zero-order valence-corrected chi connectivity index (χ0v) is 8.67. The highest BCUT2D eigenvalue weighted by molar-refractivity contribution is 5.88. The van der Waals surface area contributed by atoms with Crippen LogP contribution in [0.5, 0.6) is 0 Å². The van der Waals surface area contributed by atoms with Crippen molar-refractivity contribution in [3.05, 3.63) is 0 Å². The highest BCUT2D eigenvalue weighted by Crippen LogP contribution is 2.68. The Hall–Kier alpha value is -0.330. The van der Waals surface area contributed by atoms with Crippen molar-refractivity contribution in [2.24, 2.45) is 29.1 Å². The maximum atomic E-state index is 12.2. The molecule has 0 radical (unpaired) electrons. The molecule has 0 spiro atoms. The van der Waals surface area contributed by atoms with Gasteiger partial charge in [-0.25, -0.2) is 0 Å². The van der Waals surface area contributed by atoms with Crippen LogP contribution < -0.4 is 0 Å². The molecule has 5 aliphatic carbocycles. The van der Waals surface area contributed by atoms with Gasteiger partial charge < -0.3 is 0 Å². The summed E-state index contributed by atoms with van der Waals surface area (Å²) in [4.78, 5) is 12.2. The fourth-order valence-corrected chi connectivity index (χ4v) is 5.69. The van der Waals surface area contributed by atoms with E-state index < -0.39 is 0 Å². The molecule has 14 heavy (non-hydrogen) atoms. The smallest absolute Gasteiger partial charge is 0.139 e. The Bertz CT molecular complexity index is 308. The van der Waals surface area contributed by atoms with Gasteiger partial charge in [0, 0.05) is 11.8 Å². The van der Waals surface area contributed by atoms with Crippen LogP contribution in [0.4, 0.5) is 0 Å². The van der Waals surface area contributed by atoms with E-state index in [0.717, 1.165) is 30.1 Å². The van der Waals surface area contributed by atoms with Gasteiger partial charge in [0.1, 0.15) is 5.78 Å². The summed E-state index contributed by atoms with van der Waals surface area (Å²) in [5.41, 5.74) is 0.231. The summed E-state index contributed by atoms with van der Waals surface area (Å²) in [7, 11) is 0. The lowest BCUT2D eigenvalue weighted by molar-refractivity contribution is -0.139. The molecular weight excluding hydrogens is 172 g/mol. The molecule has 0 heterocycles. The Morgan fingerprint density at radius 3 is 2.93 bits per heavy atom. The van der Waals surface area contributed by atoms with E-state index in [2.05, 4.69) is 0 Å². The summed E-state index contributed by atoms with van der Waals surface area (Å²) in [6, 6.07) is 0. The monoisotopic (exact) mass is 190 g/mol. The van der Waals surface area contributed by atoms with E-state index in [1.54, 1.807) is 0 Å². The van der Waals surface area contributed by atoms with Gasteiger partial charge >= 0.3 is 0 Å². The van der Waals surface area contributed by atoms with Crippen LogP contribution in [-0.2, 0) is 4.79 Å². The molecule has 5 unspecified atom stereocenters. The number of Topliss-reactive ketones (excluding diaryl/α,β-unsaturated/α-hetero) is 1. The van der Waals surface area contributed by atoms with Crippen LogP contribution in [0.25, 0.3) is 0 Å². The second-order valence-corrected chi connectivity index (χ2v) is 6.26. The van der Waals surface area contributed by atoms with Gasteiger partial charge in [0.15, 0.2) is 0 Å². The van der Waals surface area contributed by atoms with Crippen LogP contribution >= 0.6 is 0 Å². The maximum Gasteiger partial charge on any atom is 0.139 e. The molecule has 0 aromatic carbocycles. The number of hydrogen-bond acceptors (Lipinski definition) is 1. The van der Waals surface area contributed by atoms with Crippen LogP contribution in [0.2, 0.25) is 0 Å². The first kappa shape index (κ1) is 7.90. The lowest BCUT2D eigenvalue weighted by Crippen LogP contribution is -2.51. The largest absolute Gasteiger partial charge is 0.299 e. The van der Waals surface area contributed by atoms with Gasteiger partial charge in [0.05, 0.1) is 0 Å². The van der Waals surface area contributed by atoms with Crippen molar-refractivity contribution in [3.63, 3.8) is 0 Å². The van der Waals surface area contributed by atoms with Gasteiger partial charge in [0.25, 0.3) is 0 Å². The summed E-state index contributed by atoms with van der Waals surface area (Å²) in [6.45, 7) is 0. The topological polar surface area (TPSA) is 17.1 Å². The molecule has 76 valence electrons. The second-order valence-electron chi connectivity index (χ2n) is 6.26. The average Bonchev–Trinajstić information content (AvgIpc) is 2.36. The Morgan fingerprint density at radius 1 is 1.21 bits per heavy atom. The van der Waals surface area contributed by atoms with Crippen LogP contribution in [0.15, 0.2) is 0 Å². The number of hydrogen-bond donors (Lipinski definition) is 0. The summed E-state index contributed by atoms with van der Waals surface area (Å²) in [5, 5.41) is 0. The highest BCUT2D eigenvalue weighted by Gasteiger charge is 2.64. The van der Waals surface area contributed by atoms with Crippen LogP contribution in [0.3, 0.4) is 0 Å². The van der Waals surface area contributed by atoms with Crippen molar-refractivity contribution in [2.75, 3.05) is 0 Å². The van der Waals surface area contributed by atoms with Crippen molar-refractivity contribution >= 4 is 5.78 Å². The minimum absolute atomic E-state index is 0.231. The van der Waals surface area contributed by atoms with Gasteiger partial charge in [-0.1, -0.05) is 12.8 Å². The first-order chi connectivity index (χ1) is 6.79. The third kappa shape index (κ3) is 0.697. The van der Waals surface area contributed by atoms with E-state index in [9.17, 15) is 4.79 Å². The van der Waals surface area contributed by atoms with Crippen LogP contribution in [0.1, 0.15) is 44.9 Å². The molecule has 0 amide bonds. The summed E-state index contributed by atoms with van der Waals surface area (Å²) < 4.78 is 0. The van der Waals surface area contributed by atoms with Gasteiger partial charge in [-0.2, -0.15) is 0 Å². The van der Waals surface area contributed by atoms with E-state index >= 15 is 0 Å². The van der Waals surface area contributed by atoms with Crippen LogP contribution in [-0.4, -0.2) is 5.78 Å². The van der Waals surface area contributed by atoms with Gasteiger partial charge in [-0.3, -0.25) is 4.79 Å². The lowest BCUT2D eigenvalue weighted by Gasteiger charge is -2.56. The number of carbonyl (C=O) groups excluding carboxylic acids is 1. The van der Waals surface area contributed by atoms with E-state index in [4.69, 9.17) is 0 Å². The quantitative estimate of drug-likeness (QED) is 0.574. The molecule has 0 aliphatic heterocycles. The van der Waals surface area contributed by atoms with E-state index in [1.165, 1.54) is 38.5 Å². The predicted octanol–water partition coefficient (Wildman–Crippen LogP) is 2.79. The number of ketones is 1. The van der Waals surface area contributed by atoms with Crippen LogP contribution in [0, 0.1) is 29.1 Å². The third-order valence-electron chi connectivity index (χ3n) is 5.78. The summed E-state index contributed by atoms with van der Waals surface area (Å²) in [6.07, 6.45) is 9.13. The zero-order valence-electron chi connectivity index (χ0n) is 8.67. The molecule has 5 aliphatic rings.